The van der Waals surface area contributed by atoms with Crippen molar-refractivity contribution >= 4 is 16.9 Å². The van der Waals surface area contributed by atoms with Crippen molar-refractivity contribution in [1.29, 1.82) is 0 Å². The van der Waals surface area contributed by atoms with Crippen molar-refractivity contribution in [3.05, 3.63) is 64.5 Å². The van der Waals surface area contributed by atoms with Gasteiger partial charge in [0.05, 0.1) is 23.8 Å². The fraction of sp³-hybridized carbons (Fsp3) is 0.188. The molecule has 0 saturated heterocycles. The van der Waals surface area contributed by atoms with Crippen LogP contribution in [-0.2, 0) is 6.54 Å². The molecule has 0 aliphatic rings. The Morgan fingerprint density at radius 1 is 1.23 bits per heavy atom. The summed E-state index contributed by atoms with van der Waals surface area (Å²) in [4.78, 5) is 29.5. The van der Waals surface area contributed by atoms with Crippen molar-refractivity contribution < 1.29 is 9.21 Å². The first-order chi connectivity index (χ1) is 10.6. The van der Waals surface area contributed by atoms with E-state index in [0.29, 0.717) is 5.76 Å². The van der Waals surface area contributed by atoms with Gasteiger partial charge in [-0.05, 0) is 24.3 Å². The molecule has 0 radical (unpaired) electrons. The smallest absolute Gasteiger partial charge is 0.289 e. The number of amides is 1. The number of aromatic nitrogens is 2. The fourth-order valence-corrected chi connectivity index (χ4v) is 2.23. The molecule has 22 heavy (non-hydrogen) atoms. The highest BCUT2D eigenvalue weighted by atomic mass is 16.4. The summed E-state index contributed by atoms with van der Waals surface area (Å²) >= 11 is 0. The van der Waals surface area contributed by atoms with E-state index in [1.165, 1.54) is 11.1 Å². The molecule has 112 valence electrons. The number of hydrogen-bond donors (Lipinski definition) is 0. The van der Waals surface area contributed by atoms with Crippen LogP contribution in [-0.4, -0.2) is 34.5 Å². The molecule has 6 nitrogen and oxygen atoms in total. The second-order valence-electron chi connectivity index (χ2n) is 5.14. The van der Waals surface area contributed by atoms with Gasteiger partial charge in [-0.3, -0.25) is 14.2 Å². The molecule has 2 aromatic heterocycles. The first kappa shape index (κ1) is 14.1. The number of para-hydroxylation sites is 2. The van der Waals surface area contributed by atoms with Gasteiger partial charge in [-0.25, -0.2) is 4.98 Å². The Bertz CT molecular complexity index is 893. The van der Waals surface area contributed by atoms with Crippen LogP contribution in [0.15, 0.2) is 51.8 Å². The summed E-state index contributed by atoms with van der Waals surface area (Å²) in [5.74, 6) is 0.591. The molecule has 0 aliphatic carbocycles. The lowest BCUT2D eigenvalue weighted by Crippen LogP contribution is -2.21. The van der Waals surface area contributed by atoms with Crippen molar-refractivity contribution in [1.82, 2.24) is 14.5 Å². The zero-order valence-electron chi connectivity index (χ0n) is 12.3. The standard InChI is InChI=1S/C16H15N3O3/c1-18(2)16(21)14-8-7-11(22-14)10-19-13-6-4-3-5-12(13)17-9-15(19)20/h3-9H,10H2,1-2H3. The minimum absolute atomic E-state index is 0.210. The van der Waals surface area contributed by atoms with E-state index in [1.54, 1.807) is 30.8 Å². The highest BCUT2D eigenvalue weighted by molar-refractivity contribution is 5.91. The third-order valence-corrected chi connectivity index (χ3v) is 3.35. The van der Waals surface area contributed by atoms with Gasteiger partial charge < -0.3 is 9.32 Å². The second-order valence-corrected chi connectivity index (χ2v) is 5.14. The van der Waals surface area contributed by atoms with E-state index in [2.05, 4.69) is 4.98 Å². The van der Waals surface area contributed by atoms with Gasteiger partial charge in [-0.2, -0.15) is 0 Å². The molecule has 2 heterocycles. The van der Waals surface area contributed by atoms with E-state index < -0.39 is 0 Å². The molecular formula is C16H15N3O3. The number of furan rings is 1. The van der Waals surface area contributed by atoms with Crippen molar-refractivity contribution in [3.63, 3.8) is 0 Å². The number of rotatable bonds is 3. The maximum atomic E-state index is 12.1. The minimum Gasteiger partial charge on any atom is -0.454 e. The predicted octanol–water partition coefficient (Wildman–Crippen LogP) is 1.74. The topological polar surface area (TPSA) is 68.3 Å². The molecule has 0 saturated carbocycles. The van der Waals surface area contributed by atoms with E-state index in [1.807, 2.05) is 24.3 Å². The molecule has 0 unspecified atom stereocenters. The average Bonchev–Trinajstić information content (AvgIpc) is 2.98. The van der Waals surface area contributed by atoms with Crippen LogP contribution in [0.5, 0.6) is 0 Å². The summed E-state index contributed by atoms with van der Waals surface area (Å²) in [5.41, 5.74) is 1.25. The molecule has 1 amide bonds. The Morgan fingerprint density at radius 3 is 2.77 bits per heavy atom. The number of nitrogens with zero attached hydrogens (tertiary/aromatic N) is 3. The molecule has 3 aromatic rings. The van der Waals surface area contributed by atoms with E-state index in [9.17, 15) is 9.59 Å². The van der Waals surface area contributed by atoms with E-state index >= 15 is 0 Å². The Kier molecular flexibility index (Phi) is 3.50. The van der Waals surface area contributed by atoms with Gasteiger partial charge >= 0.3 is 0 Å². The van der Waals surface area contributed by atoms with E-state index in [0.717, 1.165) is 11.0 Å². The van der Waals surface area contributed by atoms with Gasteiger partial charge in [-0.15, -0.1) is 0 Å². The molecule has 0 N–H and O–H groups in total. The van der Waals surface area contributed by atoms with Crippen LogP contribution < -0.4 is 5.56 Å². The van der Waals surface area contributed by atoms with Gasteiger partial charge in [0.25, 0.3) is 11.5 Å². The van der Waals surface area contributed by atoms with Gasteiger partial charge in [-0.1, -0.05) is 12.1 Å². The third kappa shape index (κ3) is 2.50. The zero-order chi connectivity index (χ0) is 15.7. The first-order valence-corrected chi connectivity index (χ1v) is 6.81. The Labute approximate surface area is 126 Å². The SMILES string of the molecule is CN(C)C(=O)c1ccc(Cn2c(=O)cnc3ccccc32)o1. The summed E-state index contributed by atoms with van der Waals surface area (Å²) in [5, 5.41) is 0. The maximum absolute atomic E-state index is 12.1. The van der Waals surface area contributed by atoms with E-state index in [-0.39, 0.29) is 23.8 Å². The lowest BCUT2D eigenvalue weighted by molar-refractivity contribution is 0.0794. The van der Waals surface area contributed by atoms with Crippen LogP contribution in [0.1, 0.15) is 16.3 Å². The fourth-order valence-electron chi connectivity index (χ4n) is 2.23. The number of hydrogen-bond acceptors (Lipinski definition) is 4. The van der Waals surface area contributed by atoms with Gasteiger partial charge in [0.1, 0.15) is 5.76 Å². The third-order valence-electron chi connectivity index (χ3n) is 3.35. The Hall–Kier alpha value is -2.89. The summed E-state index contributed by atoms with van der Waals surface area (Å²) in [7, 11) is 3.32. The minimum atomic E-state index is -0.212. The van der Waals surface area contributed by atoms with Crippen LogP contribution in [0, 0.1) is 0 Å². The number of carbonyl (C=O) groups excluding carboxylic acids is 1. The average molecular weight is 297 g/mol. The quantitative estimate of drug-likeness (QED) is 0.738. The van der Waals surface area contributed by atoms with Crippen molar-refractivity contribution in [2.75, 3.05) is 14.1 Å². The molecule has 0 spiro atoms. The molecule has 0 bridgehead atoms. The number of carbonyl (C=O) groups is 1. The monoisotopic (exact) mass is 297 g/mol. The largest absolute Gasteiger partial charge is 0.454 e. The van der Waals surface area contributed by atoms with Crippen molar-refractivity contribution in [2.45, 2.75) is 6.54 Å². The molecule has 0 aliphatic heterocycles. The van der Waals surface area contributed by atoms with Crippen molar-refractivity contribution in [2.24, 2.45) is 0 Å². The summed E-state index contributed by atoms with van der Waals surface area (Å²) in [6.45, 7) is 0.253. The molecule has 3 rings (SSSR count). The van der Waals surface area contributed by atoms with Crippen LogP contribution in [0.4, 0.5) is 0 Å². The molecule has 0 fully saturated rings. The molecule has 1 aromatic carbocycles. The first-order valence-electron chi connectivity index (χ1n) is 6.81. The van der Waals surface area contributed by atoms with Crippen molar-refractivity contribution in [3.8, 4) is 0 Å². The normalized spacial score (nSPS) is 10.8. The molecule has 6 heteroatoms. The van der Waals surface area contributed by atoms with E-state index in [4.69, 9.17) is 4.42 Å². The Balaban J connectivity index is 1.99. The highest BCUT2D eigenvalue weighted by Crippen LogP contribution is 2.14. The predicted molar refractivity (Wildman–Crippen MR) is 81.8 cm³/mol. The zero-order valence-corrected chi connectivity index (χ0v) is 12.3. The van der Waals surface area contributed by atoms with Crippen LogP contribution in [0.25, 0.3) is 11.0 Å². The molecule has 0 atom stereocenters. The van der Waals surface area contributed by atoms with Gasteiger partial charge in [0, 0.05) is 14.1 Å². The lowest BCUT2D eigenvalue weighted by atomic mass is 10.3. The highest BCUT2D eigenvalue weighted by Gasteiger charge is 2.14. The van der Waals surface area contributed by atoms with Crippen LogP contribution >= 0.6 is 0 Å². The number of fused-ring (bicyclic) bond motifs is 1. The Morgan fingerprint density at radius 2 is 2.00 bits per heavy atom. The van der Waals surface area contributed by atoms with Gasteiger partial charge in [0.2, 0.25) is 0 Å². The maximum Gasteiger partial charge on any atom is 0.289 e. The summed E-state index contributed by atoms with van der Waals surface area (Å²) in [6, 6.07) is 10.7. The second kappa shape index (κ2) is 5.48. The number of benzene rings is 1. The summed E-state index contributed by atoms with van der Waals surface area (Å²) in [6.07, 6.45) is 1.29. The lowest BCUT2D eigenvalue weighted by Gasteiger charge is -2.08. The van der Waals surface area contributed by atoms with Crippen LogP contribution in [0.3, 0.4) is 0 Å². The summed E-state index contributed by atoms with van der Waals surface area (Å²) < 4.78 is 7.12. The molecular weight excluding hydrogens is 282 g/mol. The van der Waals surface area contributed by atoms with Gasteiger partial charge in [0.15, 0.2) is 5.76 Å². The van der Waals surface area contributed by atoms with Crippen LogP contribution in [0.2, 0.25) is 0 Å².